The first-order chi connectivity index (χ1) is 14.7. The van der Waals surface area contributed by atoms with E-state index < -0.39 is 5.91 Å². The number of halogens is 1. The summed E-state index contributed by atoms with van der Waals surface area (Å²) >= 11 is 6.60. The number of benzene rings is 2. The molecule has 0 radical (unpaired) electrons. The standard InChI is InChI=1S/C25H28ClN3O2/c1-6-29-23-13-22(26)17(11-21(23)16(2)14-25(29,3)4)10-18(15-27)24(30)28-19-8-7-9-20(12-19)31-5/h7-13,16H,6,14H2,1-5H3,(H,28,30)/b18-10+. The molecule has 0 aliphatic carbocycles. The fourth-order valence-corrected chi connectivity index (χ4v) is 4.65. The van der Waals surface area contributed by atoms with Crippen LogP contribution in [0.25, 0.3) is 6.08 Å². The van der Waals surface area contributed by atoms with Crippen molar-refractivity contribution in [1.29, 1.82) is 5.26 Å². The van der Waals surface area contributed by atoms with Crippen molar-refractivity contribution in [3.63, 3.8) is 0 Å². The molecule has 31 heavy (non-hydrogen) atoms. The summed E-state index contributed by atoms with van der Waals surface area (Å²) in [4.78, 5) is 15.1. The summed E-state index contributed by atoms with van der Waals surface area (Å²) in [5, 5.41) is 12.9. The average molecular weight is 438 g/mol. The molecule has 1 unspecified atom stereocenters. The molecule has 0 spiro atoms. The smallest absolute Gasteiger partial charge is 0.266 e. The summed E-state index contributed by atoms with van der Waals surface area (Å²) in [7, 11) is 1.56. The molecule has 5 nitrogen and oxygen atoms in total. The lowest BCUT2D eigenvalue weighted by molar-refractivity contribution is -0.112. The van der Waals surface area contributed by atoms with Gasteiger partial charge in [0.15, 0.2) is 0 Å². The molecule has 6 heteroatoms. The molecule has 1 N–H and O–H groups in total. The lowest BCUT2D eigenvalue weighted by Crippen LogP contribution is -2.48. The molecule has 1 amide bonds. The fraction of sp³-hybridized carbons (Fsp3) is 0.360. The van der Waals surface area contributed by atoms with Gasteiger partial charge in [-0.3, -0.25) is 4.79 Å². The van der Waals surface area contributed by atoms with Crippen LogP contribution in [0, 0.1) is 11.3 Å². The second-order valence-corrected chi connectivity index (χ2v) is 8.86. The summed E-state index contributed by atoms with van der Waals surface area (Å²) in [6, 6.07) is 13.0. The van der Waals surface area contributed by atoms with E-state index in [0.717, 1.165) is 18.7 Å². The highest BCUT2D eigenvalue weighted by Gasteiger charge is 2.35. The van der Waals surface area contributed by atoms with Crippen molar-refractivity contribution in [3.05, 3.63) is 58.1 Å². The molecule has 1 aliphatic rings. The van der Waals surface area contributed by atoms with Crippen LogP contribution < -0.4 is 15.0 Å². The molecular weight excluding hydrogens is 410 g/mol. The van der Waals surface area contributed by atoms with Gasteiger partial charge < -0.3 is 15.0 Å². The number of amides is 1. The predicted molar refractivity (Wildman–Crippen MR) is 127 cm³/mol. The number of hydrogen-bond acceptors (Lipinski definition) is 4. The number of nitrogens with zero attached hydrogens (tertiary/aromatic N) is 2. The van der Waals surface area contributed by atoms with E-state index in [1.54, 1.807) is 37.5 Å². The summed E-state index contributed by atoms with van der Waals surface area (Å²) in [5.41, 5.74) is 3.55. The highest BCUT2D eigenvalue weighted by molar-refractivity contribution is 6.32. The zero-order chi connectivity index (χ0) is 22.8. The minimum absolute atomic E-state index is 0.0131. The van der Waals surface area contributed by atoms with Crippen molar-refractivity contribution in [1.82, 2.24) is 0 Å². The lowest BCUT2D eigenvalue weighted by atomic mass is 9.79. The van der Waals surface area contributed by atoms with Crippen LogP contribution in [0.2, 0.25) is 5.02 Å². The topological polar surface area (TPSA) is 65.4 Å². The van der Waals surface area contributed by atoms with E-state index in [9.17, 15) is 10.1 Å². The van der Waals surface area contributed by atoms with Gasteiger partial charge in [-0.05, 0) is 74.6 Å². The normalized spacial score (nSPS) is 17.5. The molecule has 2 aromatic rings. The van der Waals surface area contributed by atoms with Crippen molar-refractivity contribution in [2.75, 3.05) is 23.9 Å². The molecule has 1 atom stereocenters. The van der Waals surface area contributed by atoms with Gasteiger partial charge in [0, 0.05) is 34.5 Å². The maximum absolute atomic E-state index is 12.7. The first kappa shape index (κ1) is 22.7. The maximum atomic E-state index is 12.7. The quantitative estimate of drug-likeness (QED) is 0.459. The summed E-state index contributed by atoms with van der Waals surface area (Å²) in [6.45, 7) is 9.71. The SMILES string of the molecule is CCN1c2cc(Cl)c(/C=C(\C#N)C(=O)Nc3cccc(OC)c3)cc2C(C)CC1(C)C. The van der Waals surface area contributed by atoms with Gasteiger partial charge in [-0.1, -0.05) is 24.6 Å². The molecular formula is C25H28ClN3O2. The van der Waals surface area contributed by atoms with Crippen molar-refractivity contribution in [3.8, 4) is 11.8 Å². The number of hydrogen-bond donors (Lipinski definition) is 1. The van der Waals surface area contributed by atoms with Crippen LogP contribution in [-0.2, 0) is 4.79 Å². The number of fused-ring (bicyclic) bond motifs is 1. The van der Waals surface area contributed by atoms with Crippen LogP contribution in [0.5, 0.6) is 5.75 Å². The number of methoxy groups -OCH3 is 1. The first-order valence-electron chi connectivity index (χ1n) is 10.4. The number of ether oxygens (including phenoxy) is 1. The van der Waals surface area contributed by atoms with E-state index in [2.05, 4.69) is 37.9 Å². The fourth-order valence-electron chi connectivity index (χ4n) is 4.43. The minimum Gasteiger partial charge on any atom is -0.497 e. The van der Waals surface area contributed by atoms with Gasteiger partial charge in [0.25, 0.3) is 5.91 Å². The van der Waals surface area contributed by atoms with Crippen LogP contribution in [0.15, 0.2) is 42.0 Å². The monoisotopic (exact) mass is 437 g/mol. The third kappa shape index (κ3) is 4.70. The lowest BCUT2D eigenvalue weighted by Gasteiger charge is -2.47. The number of anilines is 2. The van der Waals surface area contributed by atoms with E-state index in [0.29, 0.717) is 27.9 Å². The number of carbonyl (C=O) groups excluding carboxylic acids is 1. The first-order valence-corrected chi connectivity index (χ1v) is 10.8. The largest absolute Gasteiger partial charge is 0.497 e. The van der Waals surface area contributed by atoms with Gasteiger partial charge in [0.1, 0.15) is 17.4 Å². The van der Waals surface area contributed by atoms with E-state index in [4.69, 9.17) is 16.3 Å². The van der Waals surface area contributed by atoms with Crippen molar-refractivity contribution < 1.29 is 9.53 Å². The van der Waals surface area contributed by atoms with Gasteiger partial charge in [0.2, 0.25) is 0 Å². The second kappa shape index (κ2) is 9.03. The Hall–Kier alpha value is -2.97. The third-order valence-electron chi connectivity index (χ3n) is 5.81. The summed E-state index contributed by atoms with van der Waals surface area (Å²) in [6.07, 6.45) is 2.57. The Bertz CT molecular complexity index is 1070. The summed E-state index contributed by atoms with van der Waals surface area (Å²) in [5.74, 6) is 0.470. The molecule has 0 aromatic heterocycles. The molecule has 1 heterocycles. The Morgan fingerprint density at radius 3 is 2.77 bits per heavy atom. The Morgan fingerprint density at radius 2 is 2.13 bits per heavy atom. The van der Waals surface area contributed by atoms with Gasteiger partial charge in [-0.25, -0.2) is 0 Å². The van der Waals surface area contributed by atoms with Crippen LogP contribution in [-0.4, -0.2) is 25.1 Å². The molecule has 0 saturated carbocycles. The highest BCUT2D eigenvalue weighted by Crippen LogP contribution is 2.45. The van der Waals surface area contributed by atoms with E-state index in [1.165, 1.54) is 5.56 Å². The highest BCUT2D eigenvalue weighted by atomic mass is 35.5. The van der Waals surface area contributed by atoms with Crippen molar-refractivity contribution in [2.45, 2.75) is 45.6 Å². The number of rotatable bonds is 5. The van der Waals surface area contributed by atoms with Crippen molar-refractivity contribution in [2.24, 2.45) is 0 Å². The van der Waals surface area contributed by atoms with Crippen LogP contribution in [0.1, 0.15) is 51.2 Å². The van der Waals surface area contributed by atoms with Crippen LogP contribution in [0.4, 0.5) is 11.4 Å². The average Bonchev–Trinajstić information content (AvgIpc) is 2.72. The number of carbonyl (C=O) groups is 1. The predicted octanol–water partition coefficient (Wildman–Crippen LogP) is 6.01. The molecule has 3 rings (SSSR count). The van der Waals surface area contributed by atoms with Gasteiger partial charge >= 0.3 is 0 Å². The Kier molecular flexibility index (Phi) is 6.62. The van der Waals surface area contributed by atoms with Crippen LogP contribution in [0.3, 0.4) is 0 Å². The summed E-state index contributed by atoms with van der Waals surface area (Å²) < 4.78 is 5.18. The molecule has 0 fully saturated rings. The second-order valence-electron chi connectivity index (χ2n) is 8.45. The van der Waals surface area contributed by atoms with E-state index in [1.807, 2.05) is 18.2 Å². The van der Waals surface area contributed by atoms with E-state index in [-0.39, 0.29) is 11.1 Å². The molecule has 2 aromatic carbocycles. The molecule has 1 aliphatic heterocycles. The zero-order valence-electron chi connectivity index (χ0n) is 18.6. The Balaban J connectivity index is 1.95. The van der Waals surface area contributed by atoms with Gasteiger partial charge in [-0.2, -0.15) is 5.26 Å². The molecule has 0 saturated heterocycles. The van der Waals surface area contributed by atoms with E-state index >= 15 is 0 Å². The molecule has 162 valence electrons. The van der Waals surface area contributed by atoms with Gasteiger partial charge in [-0.15, -0.1) is 0 Å². The zero-order valence-corrected chi connectivity index (χ0v) is 19.4. The van der Waals surface area contributed by atoms with Gasteiger partial charge in [0.05, 0.1) is 7.11 Å². The van der Waals surface area contributed by atoms with Crippen LogP contribution >= 0.6 is 11.6 Å². The number of nitrogens with one attached hydrogen (secondary N) is 1. The van der Waals surface area contributed by atoms with Crippen molar-refractivity contribution >= 4 is 35.0 Å². The molecule has 0 bridgehead atoms. The maximum Gasteiger partial charge on any atom is 0.266 e. The Labute approximate surface area is 189 Å². The minimum atomic E-state index is -0.492. The Morgan fingerprint density at radius 1 is 1.39 bits per heavy atom. The third-order valence-corrected chi connectivity index (χ3v) is 6.14. The number of nitriles is 1.